The van der Waals surface area contributed by atoms with Crippen molar-refractivity contribution in [3.8, 4) is 0 Å². The van der Waals surface area contributed by atoms with Gasteiger partial charge in [-0.1, -0.05) is 48.5 Å². The van der Waals surface area contributed by atoms with E-state index in [9.17, 15) is 0 Å². The Hall–Kier alpha value is -1.64. The maximum Gasteiger partial charge on any atom is 0.0346 e. The second-order valence-corrected chi connectivity index (χ2v) is 6.14. The predicted molar refractivity (Wildman–Crippen MR) is 88.3 cm³/mol. The Morgan fingerprint density at radius 2 is 1.75 bits per heavy atom. The van der Waals surface area contributed by atoms with E-state index in [1.54, 1.807) is 0 Å². The monoisotopic (exact) mass is 281 g/mol. The molecular formula is C18H19NS. The van der Waals surface area contributed by atoms with E-state index in [2.05, 4.69) is 72.2 Å². The lowest BCUT2D eigenvalue weighted by Gasteiger charge is -2.13. The van der Waals surface area contributed by atoms with Crippen LogP contribution in [0.15, 0.2) is 60.0 Å². The molecule has 0 fully saturated rings. The molecular weight excluding hydrogens is 262 g/mol. The van der Waals surface area contributed by atoms with Crippen LogP contribution < -0.4 is 5.32 Å². The van der Waals surface area contributed by atoms with Crippen LogP contribution in [0.2, 0.25) is 0 Å². The van der Waals surface area contributed by atoms with Crippen molar-refractivity contribution >= 4 is 21.4 Å². The molecule has 0 saturated heterocycles. The number of rotatable bonds is 5. The van der Waals surface area contributed by atoms with Gasteiger partial charge in [0.2, 0.25) is 0 Å². The fourth-order valence-corrected chi connectivity index (χ4v) is 3.46. The van der Waals surface area contributed by atoms with Crippen LogP contribution >= 0.6 is 11.3 Å². The molecule has 0 aliphatic rings. The molecule has 0 radical (unpaired) electrons. The second-order valence-electron chi connectivity index (χ2n) is 5.23. The van der Waals surface area contributed by atoms with Gasteiger partial charge < -0.3 is 5.32 Å². The molecule has 0 aliphatic carbocycles. The molecule has 1 heterocycles. The Balaban J connectivity index is 1.62. The third kappa shape index (κ3) is 3.09. The van der Waals surface area contributed by atoms with Gasteiger partial charge >= 0.3 is 0 Å². The molecule has 3 aromatic rings. The van der Waals surface area contributed by atoms with E-state index in [-0.39, 0.29) is 0 Å². The van der Waals surface area contributed by atoms with Gasteiger partial charge in [-0.2, -0.15) is 0 Å². The van der Waals surface area contributed by atoms with E-state index in [4.69, 9.17) is 0 Å². The zero-order chi connectivity index (χ0) is 13.8. The molecule has 0 saturated carbocycles. The third-order valence-corrected chi connectivity index (χ3v) is 4.60. The van der Waals surface area contributed by atoms with Gasteiger partial charge in [0.1, 0.15) is 0 Å². The third-order valence-electron chi connectivity index (χ3n) is 3.59. The maximum atomic E-state index is 3.63. The SMILES string of the molecule is CC(Cc1ccccc1)NCc1csc2ccccc12. The first kappa shape index (κ1) is 13.3. The van der Waals surface area contributed by atoms with E-state index < -0.39 is 0 Å². The summed E-state index contributed by atoms with van der Waals surface area (Å²) in [6.45, 7) is 3.19. The van der Waals surface area contributed by atoms with E-state index in [0.717, 1.165) is 13.0 Å². The number of benzene rings is 2. The standard InChI is InChI=1S/C18H19NS/c1-14(11-15-7-3-2-4-8-15)19-12-16-13-20-18-10-6-5-9-17(16)18/h2-10,13-14,19H,11-12H2,1H3. The Morgan fingerprint density at radius 1 is 1.00 bits per heavy atom. The van der Waals surface area contributed by atoms with Crippen molar-refractivity contribution in [1.29, 1.82) is 0 Å². The molecule has 0 amide bonds. The smallest absolute Gasteiger partial charge is 0.0346 e. The minimum absolute atomic E-state index is 0.482. The first-order valence-electron chi connectivity index (χ1n) is 7.05. The lowest BCUT2D eigenvalue weighted by molar-refractivity contribution is 0.547. The van der Waals surface area contributed by atoms with Crippen LogP contribution in [0.1, 0.15) is 18.1 Å². The molecule has 2 heteroatoms. The molecule has 1 atom stereocenters. The van der Waals surface area contributed by atoms with Crippen LogP contribution in [0.25, 0.3) is 10.1 Å². The summed E-state index contributed by atoms with van der Waals surface area (Å²) < 4.78 is 1.38. The van der Waals surface area contributed by atoms with E-state index in [1.165, 1.54) is 21.2 Å². The molecule has 1 N–H and O–H groups in total. The van der Waals surface area contributed by atoms with Gasteiger partial charge in [0, 0.05) is 17.3 Å². The first-order chi connectivity index (χ1) is 9.83. The van der Waals surface area contributed by atoms with E-state index in [0.29, 0.717) is 6.04 Å². The van der Waals surface area contributed by atoms with Crippen molar-refractivity contribution < 1.29 is 0 Å². The average Bonchev–Trinajstić information content (AvgIpc) is 2.89. The Labute approximate surface area is 124 Å². The van der Waals surface area contributed by atoms with Crippen LogP contribution in [0.3, 0.4) is 0 Å². The van der Waals surface area contributed by atoms with Gasteiger partial charge in [-0.15, -0.1) is 11.3 Å². The molecule has 1 unspecified atom stereocenters. The summed E-state index contributed by atoms with van der Waals surface area (Å²) in [5, 5.41) is 7.29. The molecule has 0 aliphatic heterocycles. The Bertz CT molecular complexity index is 672. The first-order valence-corrected chi connectivity index (χ1v) is 7.93. The largest absolute Gasteiger partial charge is 0.310 e. The van der Waals surface area contributed by atoms with Crippen LogP contribution in [-0.4, -0.2) is 6.04 Å². The summed E-state index contributed by atoms with van der Waals surface area (Å²) in [5.74, 6) is 0. The van der Waals surface area contributed by atoms with Crippen LogP contribution in [-0.2, 0) is 13.0 Å². The molecule has 20 heavy (non-hydrogen) atoms. The highest BCUT2D eigenvalue weighted by Gasteiger charge is 2.06. The number of hydrogen-bond acceptors (Lipinski definition) is 2. The Morgan fingerprint density at radius 3 is 2.60 bits per heavy atom. The molecule has 0 spiro atoms. The minimum Gasteiger partial charge on any atom is -0.310 e. The number of nitrogens with one attached hydrogen (secondary N) is 1. The van der Waals surface area contributed by atoms with Gasteiger partial charge in [0.25, 0.3) is 0 Å². The van der Waals surface area contributed by atoms with E-state index in [1.807, 2.05) is 11.3 Å². The van der Waals surface area contributed by atoms with Crippen molar-refractivity contribution in [3.63, 3.8) is 0 Å². The van der Waals surface area contributed by atoms with Gasteiger partial charge in [0.05, 0.1) is 0 Å². The summed E-state index contributed by atoms with van der Waals surface area (Å²) in [7, 11) is 0. The number of hydrogen-bond donors (Lipinski definition) is 1. The molecule has 1 nitrogen and oxygen atoms in total. The highest BCUT2D eigenvalue weighted by atomic mass is 32.1. The fraction of sp³-hybridized carbons (Fsp3) is 0.222. The average molecular weight is 281 g/mol. The summed E-state index contributed by atoms with van der Waals surface area (Å²) in [4.78, 5) is 0. The quantitative estimate of drug-likeness (QED) is 0.719. The van der Waals surface area contributed by atoms with Gasteiger partial charge in [0.15, 0.2) is 0 Å². The fourth-order valence-electron chi connectivity index (χ4n) is 2.49. The second kappa shape index (κ2) is 6.21. The predicted octanol–water partition coefficient (Wildman–Crippen LogP) is 4.62. The van der Waals surface area contributed by atoms with Crippen LogP contribution in [0.5, 0.6) is 0 Å². The molecule has 0 bridgehead atoms. The maximum absolute atomic E-state index is 3.63. The lowest BCUT2D eigenvalue weighted by Crippen LogP contribution is -2.27. The van der Waals surface area contributed by atoms with E-state index >= 15 is 0 Å². The Kier molecular flexibility index (Phi) is 4.14. The molecule has 3 rings (SSSR count). The minimum atomic E-state index is 0.482. The van der Waals surface area contributed by atoms with Crippen molar-refractivity contribution in [1.82, 2.24) is 5.32 Å². The van der Waals surface area contributed by atoms with Crippen molar-refractivity contribution in [3.05, 3.63) is 71.1 Å². The summed E-state index contributed by atoms with van der Waals surface area (Å²) >= 11 is 1.83. The summed E-state index contributed by atoms with van der Waals surface area (Å²) in [6.07, 6.45) is 1.07. The zero-order valence-corrected chi connectivity index (χ0v) is 12.5. The zero-order valence-electron chi connectivity index (χ0n) is 11.7. The van der Waals surface area contributed by atoms with Gasteiger partial charge in [-0.05, 0) is 41.3 Å². The van der Waals surface area contributed by atoms with Crippen LogP contribution in [0.4, 0.5) is 0 Å². The van der Waals surface area contributed by atoms with Crippen molar-refractivity contribution in [2.24, 2.45) is 0 Å². The highest BCUT2D eigenvalue weighted by molar-refractivity contribution is 7.17. The topological polar surface area (TPSA) is 12.0 Å². The normalized spacial score (nSPS) is 12.7. The molecule has 102 valence electrons. The molecule has 2 aromatic carbocycles. The van der Waals surface area contributed by atoms with Gasteiger partial charge in [-0.25, -0.2) is 0 Å². The van der Waals surface area contributed by atoms with Gasteiger partial charge in [-0.3, -0.25) is 0 Å². The van der Waals surface area contributed by atoms with Crippen LogP contribution in [0, 0.1) is 0 Å². The highest BCUT2D eigenvalue weighted by Crippen LogP contribution is 2.25. The van der Waals surface area contributed by atoms with Crippen molar-refractivity contribution in [2.75, 3.05) is 0 Å². The molecule has 1 aromatic heterocycles. The summed E-state index contributed by atoms with van der Waals surface area (Å²) in [5.41, 5.74) is 2.80. The summed E-state index contributed by atoms with van der Waals surface area (Å²) in [6, 6.07) is 19.8. The number of thiophene rings is 1. The van der Waals surface area contributed by atoms with Crippen molar-refractivity contribution in [2.45, 2.75) is 25.9 Å². The lowest BCUT2D eigenvalue weighted by atomic mass is 10.1. The number of fused-ring (bicyclic) bond motifs is 1.